The minimum Gasteiger partial charge on any atom is -0.508 e. The zero-order valence-electron chi connectivity index (χ0n) is 13.9. The normalized spacial score (nSPS) is 10.8. The lowest BCUT2D eigenvalue weighted by Gasteiger charge is -2.12. The Labute approximate surface area is 135 Å². The summed E-state index contributed by atoms with van der Waals surface area (Å²) in [6, 6.07) is 14.6. The molecule has 0 amide bonds. The van der Waals surface area contributed by atoms with Gasteiger partial charge in [-0.15, -0.1) is 0 Å². The van der Waals surface area contributed by atoms with Gasteiger partial charge in [-0.3, -0.25) is 0 Å². The molecule has 118 valence electrons. The standard InChI is InChI=1S/C21H28O/c1-3-5-7-17-9-12-20(19(15-17)8-6-4-2)16-18-10-13-21(22)14-11-18/h9-15,22H,3-8,16H2,1-2H3. The van der Waals surface area contributed by atoms with Crippen LogP contribution in [0.3, 0.4) is 0 Å². The molecule has 0 unspecified atom stereocenters. The summed E-state index contributed by atoms with van der Waals surface area (Å²) in [6.45, 7) is 4.50. The largest absolute Gasteiger partial charge is 0.508 e. The van der Waals surface area contributed by atoms with Crippen molar-refractivity contribution >= 4 is 0 Å². The van der Waals surface area contributed by atoms with Gasteiger partial charge in [0.25, 0.3) is 0 Å². The number of aryl methyl sites for hydroxylation is 2. The van der Waals surface area contributed by atoms with Crippen molar-refractivity contribution in [1.82, 2.24) is 0 Å². The minimum absolute atomic E-state index is 0.338. The maximum absolute atomic E-state index is 9.41. The van der Waals surface area contributed by atoms with E-state index in [2.05, 4.69) is 32.0 Å². The van der Waals surface area contributed by atoms with Crippen molar-refractivity contribution in [2.45, 2.75) is 58.8 Å². The van der Waals surface area contributed by atoms with Crippen LogP contribution in [0.2, 0.25) is 0 Å². The lowest BCUT2D eigenvalue weighted by atomic mass is 9.93. The molecule has 0 aliphatic rings. The molecular formula is C21H28O. The molecule has 0 aromatic heterocycles. The highest BCUT2D eigenvalue weighted by Crippen LogP contribution is 2.21. The average molecular weight is 296 g/mol. The molecule has 0 radical (unpaired) electrons. The lowest BCUT2D eigenvalue weighted by Crippen LogP contribution is -1.98. The van der Waals surface area contributed by atoms with E-state index in [9.17, 15) is 5.11 Å². The number of hydrogen-bond acceptors (Lipinski definition) is 1. The first kappa shape index (κ1) is 16.6. The van der Waals surface area contributed by atoms with Gasteiger partial charge in [0, 0.05) is 0 Å². The van der Waals surface area contributed by atoms with E-state index in [1.54, 1.807) is 12.1 Å². The van der Waals surface area contributed by atoms with Crippen LogP contribution in [0.15, 0.2) is 42.5 Å². The second-order valence-electron chi connectivity index (χ2n) is 6.15. The van der Waals surface area contributed by atoms with Gasteiger partial charge in [-0.25, -0.2) is 0 Å². The SMILES string of the molecule is CCCCc1ccc(Cc2ccc(O)cc2)c(CCCC)c1. The summed E-state index contributed by atoms with van der Waals surface area (Å²) >= 11 is 0. The van der Waals surface area contributed by atoms with Crippen molar-refractivity contribution in [3.63, 3.8) is 0 Å². The molecule has 0 atom stereocenters. The molecule has 1 nitrogen and oxygen atoms in total. The fourth-order valence-electron chi connectivity index (χ4n) is 2.82. The molecule has 22 heavy (non-hydrogen) atoms. The van der Waals surface area contributed by atoms with Crippen LogP contribution in [0.5, 0.6) is 5.75 Å². The van der Waals surface area contributed by atoms with Gasteiger partial charge in [-0.05, 0) is 66.5 Å². The molecule has 0 saturated carbocycles. The van der Waals surface area contributed by atoms with Gasteiger partial charge in [0.15, 0.2) is 0 Å². The van der Waals surface area contributed by atoms with Gasteiger partial charge in [0.2, 0.25) is 0 Å². The topological polar surface area (TPSA) is 20.2 Å². The minimum atomic E-state index is 0.338. The molecule has 0 saturated heterocycles. The van der Waals surface area contributed by atoms with E-state index in [-0.39, 0.29) is 0 Å². The summed E-state index contributed by atoms with van der Waals surface area (Å²) < 4.78 is 0. The highest BCUT2D eigenvalue weighted by Gasteiger charge is 2.06. The Morgan fingerprint density at radius 2 is 1.36 bits per heavy atom. The molecule has 0 fully saturated rings. The molecule has 1 heteroatoms. The summed E-state index contributed by atoms with van der Waals surface area (Å²) in [4.78, 5) is 0. The zero-order valence-corrected chi connectivity index (χ0v) is 13.9. The van der Waals surface area contributed by atoms with Crippen LogP contribution in [-0.4, -0.2) is 5.11 Å². The highest BCUT2D eigenvalue weighted by atomic mass is 16.3. The predicted molar refractivity (Wildman–Crippen MR) is 94.6 cm³/mol. The molecule has 0 heterocycles. The van der Waals surface area contributed by atoms with Gasteiger partial charge >= 0.3 is 0 Å². The van der Waals surface area contributed by atoms with Crippen LogP contribution in [0.25, 0.3) is 0 Å². The number of rotatable bonds is 8. The Kier molecular flexibility index (Phi) is 6.51. The van der Waals surface area contributed by atoms with E-state index in [1.165, 1.54) is 60.8 Å². The van der Waals surface area contributed by atoms with Crippen molar-refractivity contribution in [3.8, 4) is 5.75 Å². The van der Waals surface area contributed by atoms with Crippen molar-refractivity contribution in [1.29, 1.82) is 0 Å². The molecular weight excluding hydrogens is 268 g/mol. The summed E-state index contributed by atoms with van der Waals surface area (Å²) in [6.07, 6.45) is 8.31. The maximum Gasteiger partial charge on any atom is 0.115 e. The third-order valence-corrected chi connectivity index (χ3v) is 4.22. The van der Waals surface area contributed by atoms with Gasteiger partial charge < -0.3 is 5.11 Å². The summed E-state index contributed by atoms with van der Waals surface area (Å²) in [5, 5.41) is 9.41. The third-order valence-electron chi connectivity index (χ3n) is 4.22. The monoisotopic (exact) mass is 296 g/mol. The van der Waals surface area contributed by atoms with Crippen LogP contribution < -0.4 is 0 Å². The first-order valence-corrected chi connectivity index (χ1v) is 8.61. The average Bonchev–Trinajstić information content (AvgIpc) is 2.54. The van der Waals surface area contributed by atoms with Crippen molar-refractivity contribution in [3.05, 3.63) is 64.7 Å². The summed E-state index contributed by atoms with van der Waals surface area (Å²) in [5.74, 6) is 0.338. The fourth-order valence-corrected chi connectivity index (χ4v) is 2.82. The Hall–Kier alpha value is -1.76. The van der Waals surface area contributed by atoms with Crippen molar-refractivity contribution in [2.24, 2.45) is 0 Å². The number of hydrogen-bond donors (Lipinski definition) is 1. The van der Waals surface area contributed by atoms with Crippen LogP contribution >= 0.6 is 0 Å². The second kappa shape index (κ2) is 8.63. The second-order valence-corrected chi connectivity index (χ2v) is 6.15. The van der Waals surface area contributed by atoms with E-state index in [0.717, 1.165) is 6.42 Å². The highest BCUT2D eigenvalue weighted by molar-refractivity contribution is 5.37. The molecule has 0 bridgehead atoms. The zero-order chi connectivity index (χ0) is 15.8. The molecule has 0 aliphatic heterocycles. The Morgan fingerprint density at radius 1 is 0.727 bits per heavy atom. The van der Waals surface area contributed by atoms with Gasteiger partial charge in [-0.2, -0.15) is 0 Å². The van der Waals surface area contributed by atoms with E-state index in [1.807, 2.05) is 12.1 Å². The van der Waals surface area contributed by atoms with Crippen molar-refractivity contribution in [2.75, 3.05) is 0 Å². The van der Waals surface area contributed by atoms with Crippen LogP contribution in [0.4, 0.5) is 0 Å². The number of phenols is 1. The van der Waals surface area contributed by atoms with E-state index < -0.39 is 0 Å². The molecule has 1 N–H and O–H groups in total. The molecule has 0 aliphatic carbocycles. The molecule has 2 rings (SSSR count). The molecule has 0 spiro atoms. The van der Waals surface area contributed by atoms with Gasteiger partial charge in [0.05, 0.1) is 0 Å². The number of benzene rings is 2. The number of phenolic OH excluding ortho intramolecular Hbond substituents is 1. The first-order valence-electron chi connectivity index (χ1n) is 8.61. The lowest BCUT2D eigenvalue weighted by molar-refractivity contribution is 0.475. The summed E-state index contributed by atoms with van der Waals surface area (Å²) in [7, 11) is 0. The quantitative estimate of drug-likeness (QED) is 0.665. The summed E-state index contributed by atoms with van der Waals surface area (Å²) in [5.41, 5.74) is 5.67. The smallest absolute Gasteiger partial charge is 0.115 e. The van der Waals surface area contributed by atoms with Gasteiger partial charge in [-0.1, -0.05) is 57.0 Å². The molecule has 2 aromatic rings. The third kappa shape index (κ3) is 4.91. The Balaban J connectivity index is 2.18. The van der Waals surface area contributed by atoms with E-state index in [0.29, 0.717) is 5.75 Å². The van der Waals surface area contributed by atoms with Crippen LogP contribution in [-0.2, 0) is 19.3 Å². The van der Waals surface area contributed by atoms with Gasteiger partial charge in [0.1, 0.15) is 5.75 Å². The van der Waals surface area contributed by atoms with Crippen molar-refractivity contribution < 1.29 is 5.11 Å². The van der Waals surface area contributed by atoms with Crippen LogP contribution in [0.1, 0.15) is 61.8 Å². The van der Waals surface area contributed by atoms with E-state index in [4.69, 9.17) is 0 Å². The van der Waals surface area contributed by atoms with Crippen LogP contribution in [0, 0.1) is 0 Å². The number of aromatic hydroxyl groups is 1. The Morgan fingerprint density at radius 3 is 2.05 bits per heavy atom. The first-order chi connectivity index (χ1) is 10.7. The fraction of sp³-hybridized carbons (Fsp3) is 0.429. The maximum atomic E-state index is 9.41. The Bertz CT molecular complexity index is 569. The number of unbranched alkanes of at least 4 members (excludes halogenated alkanes) is 2. The van der Waals surface area contributed by atoms with E-state index >= 15 is 0 Å². The molecule has 2 aromatic carbocycles. The predicted octanol–water partition coefficient (Wildman–Crippen LogP) is 5.67.